The fourth-order valence-corrected chi connectivity index (χ4v) is 2.95. The van der Waals surface area contributed by atoms with E-state index in [1.807, 2.05) is 6.92 Å². The van der Waals surface area contributed by atoms with Gasteiger partial charge in [-0.25, -0.2) is 0 Å². The number of hydrogen-bond acceptors (Lipinski definition) is 4. The molecule has 5 heteroatoms. The van der Waals surface area contributed by atoms with E-state index in [2.05, 4.69) is 9.63 Å². The van der Waals surface area contributed by atoms with Crippen molar-refractivity contribution >= 4 is 17.9 Å². The van der Waals surface area contributed by atoms with Crippen molar-refractivity contribution in [3.8, 4) is 0 Å². The van der Waals surface area contributed by atoms with Gasteiger partial charge in [-0.1, -0.05) is 6.92 Å². The molecule has 1 aliphatic carbocycles. The molecule has 1 N–H and O–H groups in total. The zero-order valence-electron chi connectivity index (χ0n) is 7.43. The van der Waals surface area contributed by atoms with E-state index in [-0.39, 0.29) is 0 Å². The topological polar surface area (TPSA) is 62.0 Å². The van der Waals surface area contributed by atoms with E-state index in [9.17, 15) is 4.79 Å². The number of rotatable bonds is 3. The number of carboxylic acid groups (broad SMARTS) is 1. The van der Waals surface area contributed by atoms with Crippen LogP contribution < -0.4 is 0 Å². The second-order valence-electron chi connectivity index (χ2n) is 3.62. The molecule has 0 aromatic carbocycles. The third-order valence-corrected chi connectivity index (χ3v) is 3.91. The van der Waals surface area contributed by atoms with E-state index < -0.39 is 16.8 Å². The van der Waals surface area contributed by atoms with Crippen molar-refractivity contribution < 1.29 is 9.90 Å². The monoisotopic (exact) mass is 200 g/mol. The highest BCUT2D eigenvalue weighted by Gasteiger charge is 2.55. The minimum atomic E-state index is -0.774. The summed E-state index contributed by atoms with van der Waals surface area (Å²) < 4.78 is 3.83. The normalized spacial score (nSPS) is 38.1. The van der Waals surface area contributed by atoms with E-state index in [0.29, 0.717) is 5.92 Å². The first kappa shape index (κ1) is 8.99. The first-order valence-corrected chi connectivity index (χ1v) is 5.35. The van der Waals surface area contributed by atoms with E-state index >= 15 is 0 Å². The SMILES string of the molecule is CCC1(C2CC2)N=NSC1C(=O)O. The van der Waals surface area contributed by atoms with Gasteiger partial charge in [0.1, 0.15) is 5.54 Å². The van der Waals surface area contributed by atoms with Crippen LogP contribution in [0.2, 0.25) is 0 Å². The maximum Gasteiger partial charge on any atom is 0.321 e. The minimum absolute atomic E-state index is 0.392. The summed E-state index contributed by atoms with van der Waals surface area (Å²) >= 11 is 1.11. The van der Waals surface area contributed by atoms with Crippen molar-refractivity contribution in [1.29, 1.82) is 0 Å². The van der Waals surface area contributed by atoms with Crippen LogP contribution in [0.1, 0.15) is 26.2 Å². The van der Waals surface area contributed by atoms with Gasteiger partial charge < -0.3 is 5.11 Å². The van der Waals surface area contributed by atoms with E-state index in [1.54, 1.807) is 0 Å². The third-order valence-electron chi connectivity index (χ3n) is 2.91. The third kappa shape index (κ3) is 1.25. The average Bonchev–Trinajstić information content (AvgIpc) is 2.85. The van der Waals surface area contributed by atoms with Crippen LogP contribution >= 0.6 is 11.9 Å². The Bertz CT molecular complexity index is 265. The Morgan fingerprint density at radius 3 is 2.85 bits per heavy atom. The first-order chi connectivity index (χ1) is 6.20. The fraction of sp³-hybridized carbons (Fsp3) is 0.875. The Morgan fingerprint density at radius 1 is 1.69 bits per heavy atom. The maximum atomic E-state index is 11.0. The molecule has 0 radical (unpaired) electrons. The zero-order valence-corrected chi connectivity index (χ0v) is 8.25. The standard InChI is InChI=1S/C8H12N2O2S/c1-2-8(5-3-4-5)6(7(11)12)13-10-9-8/h5-6H,2-4H2,1H3,(H,11,12). The first-order valence-electron chi connectivity index (χ1n) is 4.51. The maximum absolute atomic E-state index is 11.0. The van der Waals surface area contributed by atoms with Gasteiger partial charge >= 0.3 is 5.97 Å². The summed E-state index contributed by atoms with van der Waals surface area (Å²) in [7, 11) is 0. The molecule has 0 amide bonds. The Balaban J connectivity index is 2.25. The van der Waals surface area contributed by atoms with Crippen molar-refractivity contribution in [3.63, 3.8) is 0 Å². The molecule has 72 valence electrons. The van der Waals surface area contributed by atoms with E-state index in [4.69, 9.17) is 5.11 Å². The largest absolute Gasteiger partial charge is 0.480 e. The molecule has 2 atom stereocenters. The Kier molecular flexibility index (Phi) is 2.06. The van der Waals surface area contributed by atoms with Crippen LogP contribution in [0.25, 0.3) is 0 Å². The molecule has 1 fully saturated rings. The van der Waals surface area contributed by atoms with Crippen molar-refractivity contribution in [2.24, 2.45) is 15.6 Å². The van der Waals surface area contributed by atoms with Gasteiger partial charge in [0.2, 0.25) is 0 Å². The highest BCUT2D eigenvalue weighted by Crippen LogP contribution is 2.52. The summed E-state index contributed by atoms with van der Waals surface area (Å²) in [5, 5.41) is 12.7. The number of nitrogens with zero attached hydrogens (tertiary/aromatic N) is 2. The summed E-state index contributed by atoms with van der Waals surface area (Å²) in [5.41, 5.74) is -0.392. The second kappa shape index (κ2) is 2.97. The predicted molar refractivity (Wildman–Crippen MR) is 49.6 cm³/mol. The van der Waals surface area contributed by atoms with Gasteiger partial charge in [0.05, 0.1) is 0 Å². The van der Waals surface area contributed by atoms with Crippen LogP contribution in [-0.2, 0) is 4.79 Å². The lowest BCUT2D eigenvalue weighted by molar-refractivity contribution is -0.137. The Labute approximate surface area is 80.9 Å². The predicted octanol–water partition coefficient (Wildman–Crippen LogP) is 2.11. The van der Waals surface area contributed by atoms with Crippen LogP contribution in [0.3, 0.4) is 0 Å². The summed E-state index contributed by atoms with van der Waals surface area (Å²) in [6.07, 6.45) is 3.00. The molecule has 2 aliphatic rings. The fourth-order valence-electron chi connectivity index (χ4n) is 1.97. The molecule has 1 saturated carbocycles. The smallest absolute Gasteiger partial charge is 0.321 e. The molecule has 13 heavy (non-hydrogen) atoms. The van der Waals surface area contributed by atoms with Crippen molar-refractivity contribution in [2.45, 2.75) is 37.0 Å². The van der Waals surface area contributed by atoms with Crippen molar-refractivity contribution in [1.82, 2.24) is 0 Å². The van der Waals surface area contributed by atoms with Gasteiger partial charge in [0.15, 0.2) is 5.25 Å². The van der Waals surface area contributed by atoms with Crippen molar-refractivity contribution in [2.75, 3.05) is 0 Å². The van der Waals surface area contributed by atoms with Crippen LogP contribution in [0.15, 0.2) is 9.63 Å². The number of hydrogen-bond donors (Lipinski definition) is 1. The van der Waals surface area contributed by atoms with Gasteiger partial charge in [-0.05, 0) is 25.2 Å². The highest BCUT2D eigenvalue weighted by atomic mass is 32.2. The molecule has 0 bridgehead atoms. The molecule has 0 aromatic rings. The van der Waals surface area contributed by atoms with Gasteiger partial charge in [-0.3, -0.25) is 4.79 Å². The number of carboxylic acids is 1. The molecule has 2 rings (SSSR count). The van der Waals surface area contributed by atoms with Gasteiger partial charge in [0.25, 0.3) is 0 Å². The lowest BCUT2D eigenvalue weighted by Crippen LogP contribution is -2.42. The zero-order chi connectivity index (χ0) is 9.47. The second-order valence-corrected chi connectivity index (χ2v) is 4.47. The van der Waals surface area contributed by atoms with Crippen LogP contribution in [0.4, 0.5) is 0 Å². The Hall–Kier alpha value is -0.580. The van der Waals surface area contributed by atoms with Gasteiger partial charge in [-0.2, -0.15) is 5.11 Å². The van der Waals surface area contributed by atoms with Crippen molar-refractivity contribution in [3.05, 3.63) is 0 Å². The molecule has 1 aliphatic heterocycles. The minimum Gasteiger partial charge on any atom is -0.480 e. The lowest BCUT2D eigenvalue weighted by atomic mass is 9.87. The van der Waals surface area contributed by atoms with Gasteiger partial charge in [-0.15, -0.1) is 4.52 Å². The van der Waals surface area contributed by atoms with Crippen LogP contribution in [0, 0.1) is 5.92 Å². The molecule has 0 saturated heterocycles. The molecule has 4 nitrogen and oxygen atoms in total. The van der Waals surface area contributed by atoms with Gasteiger partial charge in [0, 0.05) is 11.9 Å². The van der Waals surface area contributed by atoms with Crippen LogP contribution in [-0.4, -0.2) is 21.9 Å². The average molecular weight is 200 g/mol. The number of aliphatic carboxylic acids is 1. The summed E-state index contributed by atoms with van der Waals surface area (Å²) in [5.74, 6) is -0.318. The van der Waals surface area contributed by atoms with E-state index in [0.717, 1.165) is 31.2 Å². The molecule has 0 spiro atoms. The number of carbonyl (C=O) groups is 1. The summed E-state index contributed by atoms with van der Waals surface area (Å²) in [6.45, 7) is 2.00. The molecular weight excluding hydrogens is 188 g/mol. The molecule has 1 heterocycles. The molecule has 2 unspecified atom stereocenters. The summed E-state index contributed by atoms with van der Waals surface area (Å²) in [6, 6.07) is 0. The molecular formula is C8H12N2O2S. The Morgan fingerprint density at radius 2 is 2.38 bits per heavy atom. The quantitative estimate of drug-likeness (QED) is 0.710. The van der Waals surface area contributed by atoms with Crippen LogP contribution in [0.5, 0.6) is 0 Å². The van der Waals surface area contributed by atoms with E-state index in [1.165, 1.54) is 0 Å². The summed E-state index contributed by atoms with van der Waals surface area (Å²) in [4.78, 5) is 11.0. The lowest BCUT2D eigenvalue weighted by Gasteiger charge is -2.26. The highest BCUT2D eigenvalue weighted by molar-refractivity contribution is 7.99. The molecule has 0 aromatic heterocycles.